The standard InChI is InChI=1S/C36H37N3O5S/c1-42-29-10-8-28(9-11-29)38-35-39-34(41)32(45-35)17-22-3-12-30(31(16-22)43-2)44-21-33(40)37-27-6-4-26(5-7-27)36-18-23-13-24(19-36)15-25(14-23)20-36/h3-12,16-17,23-25H,13-15,18-21H2,1-2H3,(H,37,40)(H,38,39,41)/b32-17+. The molecule has 1 aliphatic heterocycles. The molecule has 0 spiro atoms. The zero-order chi connectivity index (χ0) is 31.0. The van der Waals surface area contributed by atoms with Gasteiger partial charge in [0, 0.05) is 5.69 Å². The summed E-state index contributed by atoms with van der Waals surface area (Å²) in [6.07, 6.45) is 10.0. The van der Waals surface area contributed by atoms with Gasteiger partial charge in [-0.3, -0.25) is 9.59 Å². The van der Waals surface area contributed by atoms with Gasteiger partial charge in [0.25, 0.3) is 11.8 Å². The van der Waals surface area contributed by atoms with Gasteiger partial charge < -0.3 is 24.8 Å². The smallest absolute Gasteiger partial charge is 0.264 e. The Balaban J connectivity index is 0.952. The van der Waals surface area contributed by atoms with E-state index in [2.05, 4.69) is 27.8 Å². The van der Waals surface area contributed by atoms with Crippen LogP contribution in [0.2, 0.25) is 0 Å². The van der Waals surface area contributed by atoms with Gasteiger partial charge in [-0.2, -0.15) is 0 Å². The Labute approximate surface area is 267 Å². The number of thioether (sulfide) groups is 1. The molecule has 0 atom stereocenters. The predicted molar refractivity (Wildman–Crippen MR) is 177 cm³/mol. The first kappa shape index (κ1) is 29.5. The van der Waals surface area contributed by atoms with Crippen LogP contribution >= 0.6 is 11.8 Å². The molecule has 4 bridgehead atoms. The third-order valence-corrected chi connectivity index (χ3v) is 10.5. The lowest BCUT2D eigenvalue weighted by Crippen LogP contribution is -2.48. The molecule has 4 aliphatic carbocycles. The van der Waals surface area contributed by atoms with E-state index in [4.69, 9.17) is 14.2 Å². The van der Waals surface area contributed by atoms with E-state index < -0.39 is 0 Å². The van der Waals surface area contributed by atoms with Crippen molar-refractivity contribution in [1.82, 2.24) is 5.32 Å². The minimum atomic E-state index is -0.242. The van der Waals surface area contributed by atoms with Crippen LogP contribution in [0.4, 0.5) is 11.4 Å². The Kier molecular flexibility index (Phi) is 8.04. The molecule has 5 fully saturated rings. The molecule has 8 nitrogen and oxygen atoms in total. The number of nitrogens with one attached hydrogen (secondary N) is 2. The predicted octanol–water partition coefficient (Wildman–Crippen LogP) is 7.08. The molecule has 1 saturated heterocycles. The van der Waals surface area contributed by atoms with Gasteiger partial charge in [-0.05, 0) is 139 Å². The molecule has 0 unspecified atom stereocenters. The van der Waals surface area contributed by atoms with E-state index in [1.165, 1.54) is 55.9 Å². The number of amidine groups is 1. The van der Waals surface area contributed by atoms with Crippen molar-refractivity contribution in [2.24, 2.45) is 22.7 Å². The molecule has 1 heterocycles. The van der Waals surface area contributed by atoms with Crippen molar-refractivity contribution in [1.29, 1.82) is 0 Å². The summed E-state index contributed by atoms with van der Waals surface area (Å²) < 4.78 is 16.5. The number of ether oxygens (including phenoxy) is 3. The van der Waals surface area contributed by atoms with Crippen molar-refractivity contribution in [3.63, 3.8) is 0 Å². The minimum absolute atomic E-state index is 0.156. The van der Waals surface area contributed by atoms with Gasteiger partial charge in [0.15, 0.2) is 23.3 Å². The average molecular weight is 624 g/mol. The monoisotopic (exact) mass is 623 g/mol. The van der Waals surface area contributed by atoms with E-state index >= 15 is 0 Å². The zero-order valence-electron chi connectivity index (χ0n) is 25.5. The number of anilines is 1. The number of benzene rings is 3. The third-order valence-electron chi connectivity index (χ3n) is 9.62. The number of amides is 2. The molecule has 8 rings (SSSR count). The van der Waals surface area contributed by atoms with Crippen molar-refractivity contribution in [2.45, 2.75) is 43.9 Å². The van der Waals surface area contributed by atoms with Crippen LogP contribution in [0.25, 0.3) is 6.08 Å². The molecular formula is C36H37N3O5S. The summed E-state index contributed by atoms with van der Waals surface area (Å²) in [4.78, 5) is 30.4. The summed E-state index contributed by atoms with van der Waals surface area (Å²) >= 11 is 1.26. The van der Waals surface area contributed by atoms with Gasteiger partial charge in [0.2, 0.25) is 0 Å². The average Bonchev–Trinajstić information content (AvgIpc) is 3.38. The Morgan fingerprint density at radius 1 is 0.933 bits per heavy atom. The highest BCUT2D eigenvalue weighted by molar-refractivity contribution is 8.18. The maximum Gasteiger partial charge on any atom is 0.264 e. The third kappa shape index (κ3) is 6.31. The van der Waals surface area contributed by atoms with Gasteiger partial charge >= 0.3 is 0 Å². The number of nitrogens with zero attached hydrogens (tertiary/aromatic N) is 1. The van der Waals surface area contributed by atoms with Crippen LogP contribution in [0, 0.1) is 17.8 Å². The highest BCUT2D eigenvalue weighted by Gasteiger charge is 2.51. The van der Waals surface area contributed by atoms with Crippen LogP contribution in [0.1, 0.15) is 49.7 Å². The topological polar surface area (TPSA) is 98.3 Å². The SMILES string of the molecule is COc1ccc(N=C2NC(=O)/C(=C\c3ccc(OCC(=O)Nc4ccc(C56CC7CC(CC(C7)C5)C6)cc4)c(OC)c3)S2)cc1. The van der Waals surface area contributed by atoms with Crippen LogP contribution in [-0.4, -0.2) is 37.8 Å². The summed E-state index contributed by atoms with van der Waals surface area (Å²) in [5.74, 6) is 3.87. The normalized spacial score (nSPS) is 26.6. The second-order valence-corrected chi connectivity index (χ2v) is 13.7. The Morgan fingerprint density at radius 3 is 2.27 bits per heavy atom. The lowest BCUT2D eigenvalue weighted by molar-refractivity contribution is -0.118. The fourth-order valence-electron chi connectivity index (χ4n) is 8.01. The van der Waals surface area contributed by atoms with Crippen molar-refractivity contribution in [3.8, 4) is 17.2 Å². The van der Waals surface area contributed by atoms with Crippen LogP contribution in [0.15, 0.2) is 76.6 Å². The van der Waals surface area contributed by atoms with Crippen LogP contribution in [-0.2, 0) is 15.0 Å². The van der Waals surface area contributed by atoms with Gasteiger partial charge in [-0.15, -0.1) is 0 Å². The van der Waals surface area contributed by atoms with Gasteiger partial charge in [0.05, 0.1) is 24.8 Å². The van der Waals surface area contributed by atoms with Crippen molar-refractivity contribution < 1.29 is 23.8 Å². The number of hydrogen-bond acceptors (Lipinski definition) is 7. The molecule has 4 saturated carbocycles. The second kappa shape index (κ2) is 12.3. The molecule has 5 aliphatic rings. The molecule has 232 valence electrons. The van der Waals surface area contributed by atoms with E-state index in [0.29, 0.717) is 32.7 Å². The first-order chi connectivity index (χ1) is 21.9. The molecule has 9 heteroatoms. The van der Waals surface area contributed by atoms with Crippen molar-refractivity contribution in [2.75, 3.05) is 26.1 Å². The first-order valence-corrected chi connectivity index (χ1v) is 16.3. The Morgan fingerprint density at radius 2 is 1.62 bits per heavy atom. The number of aliphatic imine (C=N–C) groups is 1. The van der Waals surface area contributed by atoms with E-state index in [9.17, 15) is 9.59 Å². The number of carbonyl (C=O) groups excluding carboxylic acids is 2. The largest absolute Gasteiger partial charge is 0.497 e. The summed E-state index contributed by atoms with van der Waals surface area (Å²) in [6, 6.07) is 21.1. The first-order valence-electron chi connectivity index (χ1n) is 15.5. The van der Waals surface area contributed by atoms with Gasteiger partial charge in [-0.1, -0.05) is 18.2 Å². The molecule has 2 N–H and O–H groups in total. The molecule has 2 amide bonds. The van der Waals surface area contributed by atoms with E-state index in [0.717, 1.165) is 34.8 Å². The highest BCUT2D eigenvalue weighted by atomic mass is 32.2. The van der Waals surface area contributed by atoms with Gasteiger partial charge in [0.1, 0.15) is 5.75 Å². The van der Waals surface area contributed by atoms with E-state index in [1.807, 2.05) is 42.5 Å². The van der Waals surface area contributed by atoms with Gasteiger partial charge in [-0.25, -0.2) is 4.99 Å². The van der Waals surface area contributed by atoms with E-state index in [1.54, 1.807) is 32.4 Å². The maximum absolute atomic E-state index is 12.8. The molecule has 0 aromatic heterocycles. The number of hydrogen-bond donors (Lipinski definition) is 2. The zero-order valence-corrected chi connectivity index (χ0v) is 26.3. The van der Waals surface area contributed by atoms with Crippen molar-refractivity contribution in [3.05, 3.63) is 82.8 Å². The maximum atomic E-state index is 12.8. The second-order valence-electron chi connectivity index (χ2n) is 12.7. The number of methoxy groups -OCH3 is 2. The quantitative estimate of drug-likeness (QED) is 0.247. The molecule has 0 radical (unpaired) electrons. The van der Waals surface area contributed by atoms with E-state index in [-0.39, 0.29) is 18.4 Å². The molecule has 3 aromatic carbocycles. The Hall–Kier alpha value is -4.24. The number of carbonyl (C=O) groups is 2. The lowest BCUT2D eigenvalue weighted by Gasteiger charge is -2.57. The van der Waals surface area contributed by atoms with Crippen LogP contribution < -0.4 is 24.8 Å². The fraction of sp³-hybridized carbons (Fsp3) is 0.361. The summed E-state index contributed by atoms with van der Waals surface area (Å²) in [5.41, 5.74) is 4.01. The van der Waals surface area contributed by atoms with Crippen molar-refractivity contribution >= 4 is 46.2 Å². The number of rotatable bonds is 9. The Bertz CT molecular complexity index is 1630. The molecular weight excluding hydrogens is 586 g/mol. The fourth-order valence-corrected chi connectivity index (χ4v) is 8.85. The summed E-state index contributed by atoms with van der Waals surface area (Å²) in [6.45, 7) is -0.156. The van der Waals surface area contributed by atoms with Crippen LogP contribution in [0.3, 0.4) is 0 Å². The summed E-state index contributed by atoms with van der Waals surface area (Å²) in [5, 5.41) is 6.26. The minimum Gasteiger partial charge on any atom is -0.497 e. The molecule has 3 aromatic rings. The van der Waals surface area contributed by atoms with Crippen LogP contribution in [0.5, 0.6) is 17.2 Å². The summed E-state index contributed by atoms with van der Waals surface area (Å²) in [7, 11) is 3.15. The lowest BCUT2D eigenvalue weighted by atomic mass is 9.48. The highest BCUT2D eigenvalue weighted by Crippen LogP contribution is 2.60. The molecule has 45 heavy (non-hydrogen) atoms.